The van der Waals surface area contributed by atoms with Gasteiger partial charge in [-0.15, -0.1) is 26.4 Å². The molecule has 0 nitrogen and oxygen atoms in total. The third kappa shape index (κ3) is 9.55. The SMILES string of the molecule is CCCP(CC(P)(CCC)CCC)CC(P)(CCC)CCC. The van der Waals surface area contributed by atoms with Gasteiger partial charge in [-0.2, -0.15) is 0 Å². The monoisotopic (exact) mass is 364 g/mol. The maximum atomic E-state index is 3.29. The van der Waals surface area contributed by atoms with Gasteiger partial charge >= 0.3 is 0 Å². The standard InChI is InChI=1S/C19H43P3/c1-6-11-18(20,12-7-2)16-22(15-10-5)17-19(21,13-8-3)14-9-4/h6-17,20-21H2,1-5H3. The van der Waals surface area contributed by atoms with Gasteiger partial charge in [0.15, 0.2) is 0 Å². The highest BCUT2D eigenvalue weighted by molar-refractivity contribution is 7.58. The molecule has 0 N–H and O–H groups in total. The zero-order valence-corrected chi connectivity index (χ0v) is 19.3. The van der Waals surface area contributed by atoms with Crippen LogP contribution in [0.15, 0.2) is 0 Å². The Kier molecular flexibility index (Phi) is 13.4. The van der Waals surface area contributed by atoms with Crippen molar-refractivity contribution in [2.75, 3.05) is 18.5 Å². The van der Waals surface area contributed by atoms with Crippen LogP contribution in [0, 0.1) is 0 Å². The molecule has 0 aliphatic heterocycles. The van der Waals surface area contributed by atoms with Crippen LogP contribution in [0.25, 0.3) is 0 Å². The summed E-state index contributed by atoms with van der Waals surface area (Å²) in [5, 5.41) is 1.04. The van der Waals surface area contributed by atoms with E-state index in [4.69, 9.17) is 0 Å². The van der Waals surface area contributed by atoms with Crippen molar-refractivity contribution in [3.63, 3.8) is 0 Å². The van der Waals surface area contributed by atoms with Crippen molar-refractivity contribution >= 4 is 26.4 Å². The lowest BCUT2D eigenvalue weighted by molar-refractivity contribution is 0.519. The second-order valence-electron chi connectivity index (χ2n) is 7.44. The summed E-state index contributed by atoms with van der Waals surface area (Å²) in [7, 11) is 6.75. The van der Waals surface area contributed by atoms with Crippen molar-refractivity contribution in [3.8, 4) is 0 Å². The van der Waals surface area contributed by atoms with Crippen LogP contribution >= 0.6 is 26.4 Å². The lowest BCUT2D eigenvalue weighted by Crippen LogP contribution is -2.30. The van der Waals surface area contributed by atoms with Gasteiger partial charge in [-0.05, 0) is 54.5 Å². The van der Waals surface area contributed by atoms with E-state index in [0.717, 1.165) is 0 Å². The van der Waals surface area contributed by atoms with Crippen molar-refractivity contribution in [1.82, 2.24) is 0 Å². The van der Waals surface area contributed by atoms with Crippen molar-refractivity contribution in [3.05, 3.63) is 0 Å². The minimum atomic E-state index is 0.175. The van der Waals surface area contributed by atoms with Crippen LogP contribution in [-0.4, -0.2) is 28.8 Å². The maximum absolute atomic E-state index is 3.29. The zero-order chi connectivity index (χ0) is 17.1. The molecule has 0 rings (SSSR count). The van der Waals surface area contributed by atoms with E-state index in [2.05, 4.69) is 53.1 Å². The molecule has 0 aliphatic rings. The Hall–Kier alpha value is 1.29. The summed E-state index contributed by atoms with van der Waals surface area (Å²) < 4.78 is 0. The minimum absolute atomic E-state index is 0.175. The molecule has 0 heterocycles. The van der Waals surface area contributed by atoms with Crippen LogP contribution < -0.4 is 0 Å². The molecule has 0 aliphatic carbocycles. The van der Waals surface area contributed by atoms with Crippen LogP contribution in [0.3, 0.4) is 0 Å². The molecule has 3 heteroatoms. The average Bonchev–Trinajstić information content (AvgIpc) is 2.39. The Morgan fingerprint density at radius 1 is 0.591 bits per heavy atom. The molecule has 0 aromatic rings. The second kappa shape index (κ2) is 12.6. The summed E-state index contributed by atoms with van der Waals surface area (Å²) in [5.74, 6) is 0. The van der Waals surface area contributed by atoms with Gasteiger partial charge in [0.25, 0.3) is 0 Å². The van der Waals surface area contributed by atoms with Crippen LogP contribution in [0.2, 0.25) is 0 Å². The highest BCUT2D eigenvalue weighted by Crippen LogP contribution is 2.51. The van der Waals surface area contributed by atoms with Gasteiger partial charge < -0.3 is 0 Å². The highest BCUT2D eigenvalue weighted by Gasteiger charge is 2.31. The van der Waals surface area contributed by atoms with Gasteiger partial charge in [-0.1, -0.05) is 66.7 Å². The average molecular weight is 364 g/mol. The van der Waals surface area contributed by atoms with E-state index in [-0.39, 0.29) is 7.92 Å². The Balaban J connectivity index is 4.94. The van der Waals surface area contributed by atoms with E-state index in [9.17, 15) is 0 Å². The Morgan fingerprint density at radius 2 is 0.909 bits per heavy atom. The third-order valence-corrected chi connectivity index (χ3v) is 10.1. The van der Waals surface area contributed by atoms with Gasteiger partial charge in [0, 0.05) is 0 Å². The molecule has 0 amide bonds. The summed E-state index contributed by atoms with van der Waals surface area (Å²) in [6.07, 6.45) is 16.7. The molecule has 0 aromatic heterocycles. The first-order valence-corrected chi connectivity index (χ1v) is 12.7. The summed E-state index contributed by atoms with van der Waals surface area (Å²) in [5.41, 5.74) is 0. The molecule has 2 unspecified atom stereocenters. The first-order chi connectivity index (χ1) is 10.4. The largest absolute Gasteiger partial charge is 0.131 e. The lowest BCUT2D eigenvalue weighted by Gasteiger charge is -2.38. The Labute approximate surface area is 147 Å². The molecular formula is C19H43P3. The number of hydrogen-bond donors (Lipinski definition) is 0. The van der Waals surface area contributed by atoms with Crippen molar-refractivity contribution < 1.29 is 0 Å². The van der Waals surface area contributed by atoms with E-state index in [1.54, 1.807) is 0 Å². The van der Waals surface area contributed by atoms with Crippen molar-refractivity contribution in [1.29, 1.82) is 0 Å². The Morgan fingerprint density at radius 3 is 1.14 bits per heavy atom. The fourth-order valence-corrected chi connectivity index (χ4v) is 10.2. The smallest absolute Gasteiger partial charge is 0.0111 e. The normalized spacial score (nSPS) is 13.1. The quantitative estimate of drug-likeness (QED) is 0.284. The fourth-order valence-electron chi connectivity index (χ4n) is 3.98. The van der Waals surface area contributed by atoms with E-state index >= 15 is 0 Å². The number of rotatable bonds is 14. The van der Waals surface area contributed by atoms with Gasteiger partial charge in [0.2, 0.25) is 0 Å². The van der Waals surface area contributed by atoms with Crippen molar-refractivity contribution in [2.24, 2.45) is 0 Å². The molecular weight excluding hydrogens is 321 g/mol. The van der Waals surface area contributed by atoms with E-state index < -0.39 is 0 Å². The zero-order valence-electron chi connectivity index (χ0n) is 16.1. The minimum Gasteiger partial charge on any atom is -0.131 e. The maximum Gasteiger partial charge on any atom is -0.0111 e. The van der Waals surface area contributed by atoms with E-state index in [1.807, 2.05) is 0 Å². The molecule has 0 fully saturated rings. The van der Waals surface area contributed by atoms with Gasteiger partial charge in [-0.3, -0.25) is 0 Å². The van der Waals surface area contributed by atoms with Crippen LogP contribution in [0.4, 0.5) is 0 Å². The number of hydrogen-bond acceptors (Lipinski definition) is 0. The van der Waals surface area contributed by atoms with Crippen LogP contribution in [0.1, 0.15) is 92.4 Å². The predicted molar refractivity (Wildman–Crippen MR) is 116 cm³/mol. The summed E-state index contributed by atoms with van der Waals surface area (Å²) >= 11 is 0. The second-order valence-corrected chi connectivity index (χ2v) is 12.3. The molecule has 0 bridgehead atoms. The van der Waals surface area contributed by atoms with Crippen LogP contribution in [-0.2, 0) is 0 Å². The summed E-state index contributed by atoms with van der Waals surface area (Å²) in [4.78, 5) is 0. The molecule has 22 heavy (non-hydrogen) atoms. The summed E-state index contributed by atoms with van der Waals surface area (Å²) in [6.45, 7) is 11.8. The lowest BCUT2D eigenvalue weighted by atomic mass is 9.99. The third-order valence-electron chi connectivity index (χ3n) is 4.61. The molecule has 0 saturated carbocycles. The van der Waals surface area contributed by atoms with Crippen molar-refractivity contribution in [2.45, 2.75) is 103 Å². The van der Waals surface area contributed by atoms with Crippen LogP contribution in [0.5, 0.6) is 0 Å². The topological polar surface area (TPSA) is 0 Å². The van der Waals surface area contributed by atoms with Gasteiger partial charge in [-0.25, -0.2) is 0 Å². The molecule has 0 radical (unpaired) electrons. The molecule has 0 aromatic carbocycles. The first kappa shape index (κ1) is 23.3. The van der Waals surface area contributed by atoms with E-state index in [0.29, 0.717) is 10.3 Å². The molecule has 134 valence electrons. The van der Waals surface area contributed by atoms with Gasteiger partial charge in [0.05, 0.1) is 0 Å². The highest BCUT2D eigenvalue weighted by atomic mass is 31.1. The van der Waals surface area contributed by atoms with E-state index in [1.165, 1.54) is 76.3 Å². The predicted octanol–water partition coefficient (Wildman–Crippen LogP) is 7.31. The first-order valence-electron chi connectivity index (χ1n) is 9.68. The Bertz CT molecular complexity index is 229. The molecule has 0 spiro atoms. The summed E-state index contributed by atoms with van der Waals surface area (Å²) in [6, 6.07) is 0. The fraction of sp³-hybridized carbons (Fsp3) is 1.00. The molecule has 0 saturated heterocycles. The molecule has 2 atom stereocenters. The van der Waals surface area contributed by atoms with Gasteiger partial charge in [0.1, 0.15) is 0 Å².